The van der Waals surface area contributed by atoms with Crippen molar-refractivity contribution in [1.29, 1.82) is 0 Å². The van der Waals surface area contributed by atoms with Crippen LogP contribution in [0.4, 0.5) is 0 Å². The molecule has 1 aliphatic carbocycles. The van der Waals surface area contributed by atoms with E-state index in [2.05, 4.69) is 49.9 Å². The quantitative estimate of drug-likeness (QED) is 0.391. The fourth-order valence-electron chi connectivity index (χ4n) is 2.17. The summed E-state index contributed by atoms with van der Waals surface area (Å²) in [7, 11) is 6.32. The molecule has 0 aliphatic heterocycles. The fraction of sp³-hybridized carbons (Fsp3) is 0.933. The average Bonchev–Trinajstić information content (AvgIpc) is 2.29. The van der Waals surface area contributed by atoms with Crippen LogP contribution in [-0.4, -0.2) is 49.1 Å². The number of rotatable bonds is 6. The zero-order chi connectivity index (χ0) is 12.9. The van der Waals surface area contributed by atoms with Crippen LogP contribution in [-0.2, 0) is 21.1 Å². The molecule has 0 aromatic rings. The van der Waals surface area contributed by atoms with Gasteiger partial charge >= 0.3 is 21.1 Å². The Balaban J connectivity index is -0.000000963. The van der Waals surface area contributed by atoms with Crippen LogP contribution in [0.1, 0.15) is 39.5 Å². The third-order valence-electron chi connectivity index (χ3n) is 4.20. The van der Waals surface area contributed by atoms with Crippen LogP contribution >= 0.6 is 11.8 Å². The largest absolute Gasteiger partial charge is 2.00 e. The Labute approximate surface area is 170 Å². The summed E-state index contributed by atoms with van der Waals surface area (Å²) in [5, 5.41) is 4.41. The van der Waals surface area contributed by atoms with Crippen LogP contribution in [0.2, 0.25) is 0 Å². The molecule has 1 rings (SSSR count). The molecule has 0 bridgehead atoms. The van der Waals surface area contributed by atoms with E-state index in [1.54, 1.807) is 0 Å². The predicted molar refractivity (Wildman–Crippen MR) is 86.5 cm³/mol. The molecule has 0 amide bonds. The van der Waals surface area contributed by atoms with Gasteiger partial charge in [0.25, 0.3) is 0 Å². The van der Waals surface area contributed by atoms with Gasteiger partial charge in [0.15, 0.2) is 0 Å². The second-order valence-electron chi connectivity index (χ2n) is 6.15. The molecule has 5 heteroatoms. The molecule has 2 nitrogen and oxygen atoms in total. The van der Waals surface area contributed by atoms with Crippen molar-refractivity contribution in [3.63, 3.8) is 0 Å². The SMILES string of the molecule is C[N-]C1CCC(CSCC(C)(C)N(C)C)CC1.[CH3-].[U].[W+2]. The van der Waals surface area contributed by atoms with Crippen molar-refractivity contribution in [2.75, 3.05) is 32.6 Å². The molecule has 0 heterocycles. The van der Waals surface area contributed by atoms with E-state index in [9.17, 15) is 0 Å². The van der Waals surface area contributed by atoms with E-state index in [-0.39, 0.29) is 59.6 Å². The summed E-state index contributed by atoms with van der Waals surface area (Å²) in [6.45, 7) is 4.65. The summed E-state index contributed by atoms with van der Waals surface area (Å²) in [5.41, 5.74) is 0.320. The van der Waals surface area contributed by atoms with Crippen molar-refractivity contribution >= 4 is 11.8 Å². The molecular weight excluding hydrogens is 662 g/mol. The van der Waals surface area contributed by atoms with Crippen LogP contribution in [0.3, 0.4) is 0 Å². The molecule has 0 saturated heterocycles. The summed E-state index contributed by atoms with van der Waals surface area (Å²) in [6, 6.07) is 0.662. The van der Waals surface area contributed by atoms with Gasteiger partial charge < -0.3 is 17.6 Å². The maximum absolute atomic E-state index is 4.41. The maximum Gasteiger partial charge on any atom is 2.00 e. The second kappa shape index (κ2) is 13.4. The molecule has 0 unspecified atom stereocenters. The standard InChI is InChI=1S/C14H29N2S.CH3.U.W/c1-14(2,16(4)5)11-17-10-12-6-8-13(15-3)9-7-12;;;/h12-13H,6-11H2,1-5H3;1H3;;/q2*-1;;+2. The van der Waals surface area contributed by atoms with Gasteiger partial charge in [-0.05, 0) is 39.6 Å². The van der Waals surface area contributed by atoms with Crippen LogP contribution in [0.25, 0.3) is 5.32 Å². The van der Waals surface area contributed by atoms with Gasteiger partial charge in [-0.3, -0.25) is 0 Å². The third kappa shape index (κ3) is 9.91. The second-order valence-corrected chi connectivity index (χ2v) is 7.18. The summed E-state index contributed by atoms with van der Waals surface area (Å²) >= 11 is 2.13. The monoisotopic (exact) mass is 694 g/mol. The molecule has 20 heavy (non-hydrogen) atoms. The molecule has 0 aromatic heterocycles. The van der Waals surface area contributed by atoms with Gasteiger partial charge in [-0.25, -0.2) is 0 Å². The Bertz CT molecular complexity index is 220. The van der Waals surface area contributed by atoms with E-state index in [4.69, 9.17) is 0 Å². The van der Waals surface area contributed by atoms with Gasteiger partial charge in [-0.15, -0.1) is 6.04 Å². The molecule has 0 aromatic carbocycles. The normalized spacial score (nSPS) is 22.5. The van der Waals surface area contributed by atoms with Crippen LogP contribution in [0, 0.1) is 44.5 Å². The number of nitrogens with zero attached hydrogens (tertiary/aromatic N) is 2. The molecule has 118 valence electrons. The van der Waals surface area contributed by atoms with Gasteiger partial charge in [-0.1, -0.05) is 25.7 Å². The van der Waals surface area contributed by atoms with E-state index in [1.165, 1.54) is 37.2 Å². The van der Waals surface area contributed by atoms with Crippen molar-refractivity contribution < 1.29 is 52.2 Å². The Kier molecular flexibility index (Phi) is 18.1. The van der Waals surface area contributed by atoms with Crippen LogP contribution in [0.15, 0.2) is 0 Å². The number of thioether (sulfide) groups is 1. The molecule has 1 aliphatic rings. The zero-order valence-corrected chi connectivity index (χ0v) is 22.0. The smallest absolute Gasteiger partial charge is 0.662 e. The van der Waals surface area contributed by atoms with E-state index < -0.39 is 0 Å². The van der Waals surface area contributed by atoms with Crippen molar-refractivity contribution in [1.82, 2.24) is 4.90 Å². The van der Waals surface area contributed by atoms with Crippen molar-refractivity contribution in [3.8, 4) is 0 Å². The van der Waals surface area contributed by atoms with Crippen molar-refractivity contribution in [2.24, 2.45) is 5.92 Å². The summed E-state index contributed by atoms with van der Waals surface area (Å²) < 4.78 is 0. The van der Waals surface area contributed by atoms with Gasteiger partial charge in [0.2, 0.25) is 0 Å². The average molecular weight is 694 g/mol. The maximum atomic E-state index is 4.41. The van der Waals surface area contributed by atoms with Crippen molar-refractivity contribution in [3.05, 3.63) is 12.7 Å². The predicted octanol–water partition coefficient (Wildman–Crippen LogP) is 4.07. The Morgan fingerprint density at radius 1 is 1.15 bits per heavy atom. The fourth-order valence-corrected chi connectivity index (χ4v) is 3.72. The topological polar surface area (TPSA) is 17.3 Å². The molecule has 1 fully saturated rings. The Morgan fingerprint density at radius 3 is 2.05 bits per heavy atom. The van der Waals surface area contributed by atoms with E-state index in [0.29, 0.717) is 11.6 Å². The van der Waals surface area contributed by atoms with Gasteiger partial charge in [0, 0.05) is 42.4 Å². The van der Waals surface area contributed by atoms with Gasteiger partial charge in [-0.2, -0.15) is 18.8 Å². The first kappa shape index (κ1) is 26.9. The molecule has 0 spiro atoms. The van der Waals surface area contributed by atoms with E-state index >= 15 is 0 Å². The summed E-state index contributed by atoms with van der Waals surface area (Å²) in [6.07, 6.45) is 5.41. The first-order valence-electron chi connectivity index (χ1n) is 6.80. The molecular formula is C15H32N2SUW. The van der Waals surface area contributed by atoms with Crippen LogP contribution in [0.5, 0.6) is 0 Å². The van der Waals surface area contributed by atoms with Gasteiger partial charge in [0.1, 0.15) is 0 Å². The Hall–Kier alpha value is 2.01. The summed E-state index contributed by atoms with van der Waals surface area (Å²) in [4.78, 5) is 2.33. The Morgan fingerprint density at radius 2 is 1.65 bits per heavy atom. The minimum absolute atomic E-state index is 0. The first-order valence-corrected chi connectivity index (χ1v) is 7.95. The minimum atomic E-state index is 0. The van der Waals surface area contributed by atoms with E-state index in [1.807, 2.05) is 7.05 Å². The number of hydrogen-bond donors (Lipinski definition) is 0. The van der Waals surface area contributed by atoms with E-state index in [0.717, 1.165) is 5.92 Å². The first-order chi connectivity index (χ1) is 7.95. The van der Waals surface area contributed by atoms with Gasteiger partial charge in [0.05, 0.1) is 0 Å². The van der Waals surface area contributed by atoms with Crippen molar-refractivity contribution in [2.45, 2.75) is 51.1 Å². The summed E-state index contributed by atoms with van der Waals surface area (Å²) in [5.74, 6) is 3.52. The third-order valence-corrected chi connectivity index (χ3v) is 5.82. The molecule has 0 radical (unpaired) electrons. The number of hydrogen-bond acceptors (Lipinski definition) is 2. The molecule has 0 atom stereocenters. The van der Waals surface area contributed by atoms with Crippen LogP contribution < -0.4 is 0 Å². The molecule has 0 N–H and O–H groups in total. The zero-order valence-electron chi connectivity index (χ0n) is 14.1. The molecule has 1 saturated carbocycles. The minimum Gasteiger partial charge on any atom is -0.662 e.